The maximum atomic E-state index is 12.6. The molecule has 3 aromatic rings. The lowest BCUT2D eigenvalue weighted by Crippen LogP contribution is -2.22. The quantitative estimate of drug-likeness (QED) is 0.495. The average molecular weight is 440 g/mol. The van der Waals surface area contributed by atoms with E-state index >= 15 is 0 Å². The number of nitrogens with zero attached hydrogens (tertiary/aromatic N) is 6. The first-order valence-corrected chi connectivity index (χ1v) is 9.73. The topological polar surface area (TPSA) is 149 Å². The number of aromatic nitrogens is 6. The number of nitrogens with one attached hydrogen (secondary N) is 3. The van der Waals surface area contributed by atoms with Gasteiger partial charge in [0.25, 0.3) is 5.91 Å². The van der Waals surface area contributed by atoms with Gasteiger partial charge < -0.3 is 20.7 Å². The van der Waals surface area contributed by atoms with Crippen molar-refractivity contribution in [2.24, 2.45) is 18.9 Å². The molecule has 4 rings (SSSR count). The highest BCUT2D eigenvalue weighted by Crippen LogP contribution is 2.39. The molecule has 0 aromatic carbocycles. The Balaban J connectivity index is 1.71. The van der Waals surface area contributed by atoms with Crippen molar-refractivity contribution in [3.63, 3.8) is 0 Å². The van der Waals surface area contributed by atoms with Gasteiger partial charge in [0, 0.05) is 36.3 Å². The van der Waals surface area contributed by atoms with Crippen LogP contribution in [0.2, 0.25) is 0 Å². The Kier molecular flexibility index (Phi) is 4.71. The van der Waals surface area contributed by atoms with Gasteiger partial charge in [0.1, 0.15) is 5.69 Å². The minimum absolute atomic E-state index is 0.0583. The number of hydrogen-bond acceptors (Lipinski definition) is 9. The number of pyridine rings is 1. The molecule has 32 heavy (non-hydrogen) atoms. The number of ether oxygens (including phenoxy) is 1. The van der Waals surface area contributed by atoms with Crippen LogP contribution in [0.3, 0.4) is 0 Å². The van der Waals surface area contributed by atoms with Gasteiger partial charge in [-0.05, 0) is 18.4 Å². The fourth-order valence-corrected chi connectivity index (χ4v) is 3.22. The van der Waals surface area contributed by atoms with Crippen LogP contribution in [-0.4, -0.2) is 56.1 Å². The molecular weight excluding hydrogens is 414 g/mol. The van der Waals surface area contributed by atoms with Crippen molar-refractivity contribution in [1.82, 2.24) is 35.5 Å². The molecule has 0 spiro atoms. The Morgan fingerprint density at radius 3 is 2.81 bits per heavy atom. The molecule has 0 radical (unpaired) electrons. The van der Waals surface area contributed by atoms with E-state index in [2.05, 4.69) is 36.0 Å². The van der Waals surface area contributed by atoms with Crippen molar-refractivity contribution in [1.29, 1.82) is 0 Å². The smallest absolute Gasteiger partial charge is 0.273 e. The van der Waals surface area contributed by atoms with E-state index in [1.165, 1.54) is 24.2 Å². The molecule has 12 nitrogen and oxygen atoms in total. The minimum Gasteiger partial charge on any atom is -0.492 e. The number of anilines is 3. The first kappa shape index (κ1) is 17.6. The van der Waals surface area contributed by atoms with Gasteiger partial charge in [-0.2, -0.15) is 15.0 Å². The fourth-order valence-electron chi connectivity index (χ4n) is 3.22. The van der Waals surface area contributed by atoms with Crippen molar-refractivity contribution in [2.75, 3.05) is 24.7 Å². The predicted octanol–water partition coefficient (Wildman–Crippen LogP) is 1.37. The lowest BCUT2D eigenvalue weighted by Gasteiger charge is -2.15. The SMILES string of the molecule is [2H]C([2H])([2H])NC(=O)c1nnc(NC(=O)[C@H]2C[C@H]2C)cc1Nc1nccc(-c2cnn(C)n2)c1OC. The molecule has 0 aliphatic heterocycles. The third kappa shape index (κ3) is 4.19. The minimum atomic E-state index is -2.74. The van der Waals surface area contributed by atoms with E-state index in [-0.39, 0.29) is 40.8 Å². The van der Waals surface area contributed by atoms with Gasteiger partial charge in [-0.25, -0.2) is 4.98 Å². The maximum Gasteiger partial charge on any atom is 0.273 e. The Morgan fingerprint density at radius 1 is 1.34 bits per heavy atom. The van der Waals surface area contributed by atoms with Gasteiger partial charge in [-0.15, -0.1) is 10.2 Å². The summed E-state index contributed by atoms with van der Waals surface area (Å²) >= 11 is 0. The van der Waals surface area contributed by atoms with E-state index in [1.54, 1.807) is 19.3 Å². The summed E-state index contributed by atoms with van der Waals surface area (Å²) in [6, 6.07) is 3.06. The molecule has 1 aliphatic rings. The number of aryl methyl sites for hydroxylation is 1. The summed E-state index contributed by atoms with van der Waals surface area (Å²) in [5.74, 6) is -0.454. The summed E-state index contributed by atoms with van der Waals surface area (Å²) < 4.78 is 27.5. The Labute approximate surface area is 188 Å². The van der Waals surface area contributed by atoms with E-state index in [0.717, 1.165) is 6.42 Å². The standard InChI is InChI=1S/C20H23N9O3/c1-10-7-12(10)19(30)25-15-8-13(16(27-26-15)20(31)21-2)24-18-17(32-4)11(5-6-22-18)14-9-23-29(3)28-14/h5-6,8-10,12H,7H2,1-4H3,(H,21,31)(H2,22,24,25,26,30)/t10-,12+/m1/s1/i2D3. The summed E-state index contributed by atoms with van der Waals surface area (Å²) in [5.41, 5.74) is 0.843. The van der Waals surface area contributed by atoms with Crippen molar-refractivity contribution in [2.45, 2.75) is 13.3 Å². The van der Waals surface area contributed by atoms with E-state index in [4.69, 9.17) is 8.85 Å². The van der Waals surface area contributed by atoms with Crippen LogP contribution in [0.15, 0.2) is 24.5 Å². The summed E-state index contributed by atoms with van der Waals surface area (Å²) in [6.45, 7) is -0.778. The molecular formula is C20H23N9O3. The highest BCUT2D eigenvalue weighted by Gasteiger charge is 2.39. The normalized spacial score (nSPS) is 18.7. The Bertz CT molecular complexity index is 1280. The number of methoxy groups -OCH3 is 1. The van der Waals surface area contributed by atoms with Crippen LogP contribution in [0.1, 0.15) is 27.9 Å². The van der Waals surface area contributed by atoms with Crippen molar-refractivity contribution >= 4 is 29.1 Å². The Morgan fingerprint density at radius 2 is 2.16 bits per heavy atom. The van der Waals surface area contributed by atoms with Gasteiger partial charge in [-0.3, -0.25) is 9.59 Å². The molecule has 12 heteroatoms. The van der Waals surface area contributed by atoms with E-state index in [1.807, 2.05) is 12.2 Å². The van der Waals surface area contributed by atoms with Gasteiger partial charge in [-0.1, -0.05) is 6.92 Å². The van der Waals surface area contributed by atoms with E-state index in [9.17, 15) is 9.59 Å². The van der Waals surface area contributed by atoms with Crippen molar-refractivity contribution in [3.8, 4) is 17.0 Å². The van der Waals surface area contributed by atoms with Crippen LogP contribution in [0.25, 0.3) is 11.3 Å². The van der Waals surface area contributed by atoms with Crippen LogP contribution in [0, 0.1) is 11.8 Å². The monoisotopic (exact) mass is 440 g/mol. The third-order valence-corrected chi connectivity index (χ3v) is 5.06. The highest BCUT2D eigenvalue weighted by molar-refractivity contribution is 6.00. The molecule has 0 unspecified atom stereocenters. The van der Waals surface area contributed by atoms with Gasteiger partial charge in [0.2, 0.25) is 5.91 Å². The molecule has 1 fully saturated rings. The molecule has 2 amide bonds. The zero-order valence-electron chi connectivity index (χ0n) is 20.6. The van der Waals surface area contributed by atoms with Crippen LogP contribution in [-0.2, 0) is 11.8 Å². The number of amides is 2. The first-order chi connectivity index (χ1) is 16.6. The molecule has 3 heterocycles. The lowest BCUT2D eigenvalue weighted by molar-refractivity contribution is -0.117. The molecule has 0 bridgehead atoms. The van der Waals surface area contributed by atoms with Crippen molar-refractivity contribution < 1.29 is 18.4 Å². The fraction of sp³-hybridized carbons (Fsp3) is 0.350. The van der Waals surface area contributed by atoms with E-state index < -0.39 is 12.9 Å². The van der Waals surface area contributed by atoms with Gasteiger partial charge in [0.05, 0.1) is 24.6 Å². The lowest BCUT2D eigenvalue weighted by atomic mass is 10.2. The molecule has 3 aromatic heterocycles. The average Bonchev–Trinajstić information content (AvgIpc) is 3.36. The van der Waals surface area contributed by atoms with Gasteiger partial charge >= 0.3 is 0 Å². The highest BCUT2D eigenvalue weighted by atomic mass is 16.5. The third-order valence-electron chi connectivity index (χ3n) is 5.06. The first-order valence-electron chi connectivity index (χ1n) is 11.2. The number of hydrogen-bond donors (Lipinski definition) is 3. The number of carbonyl (C=O) groups is 2. The van der Waals surface area contributed by atoms with Crippen molar-refractivity contribution in [3.05, 3.63) is 30.2 Å². The predicted molar refractivity (Wildman–Crippen MR) is 115 cm³/mol. The summed E-state index contributed by atoms with van der Waals surface area (Å²) in [4.78, 5) is 30.7. The van der Waals surface area contributed by atoms with Gasteiger partial charge in [0.15, 0.2) is 23.1 Å². The number of rotatable bonds is 7. The summed E-state index contributed by atoms with van der Waals surface area (Å²) in [7, 11) is 3.12. The molecule has 3 N–H and O–H groups in total. The van der Waals surface area contributed by atoms with Crippen LogP contribution in [0.4, 0.5) is 17.3 Å². The molecule has 0 saturated heterocycles. The zero-order valence-corrected chi connectivity index (χ0v) is 17.6. The molecule has 166 valence electrons. The summed E-state index contributed by atoms with van der Waals surface area (Å²) in [6.07, 6.45) is 3.83. The van der Waals surface area contributed by atoms with Crippen LogP contribution < -0.4 is 20.7 Å². The second-order valence-corrected chi connectivity index (χ2v) is 7.34. The Hall–Kier alpha value is -4.09. The summed E-state index contributed by atoms with van der Waals surface area (Å²) in [5, 5.41) is 23.6. The largest absolute Gasteiger partial charge is 0.492 e. The number of carbonyl (C=O) groups excluding carboxylic acids is 2. The second kappa shape index (κ2) is 8.57. The van der Waals surface area contributed by atoms with E-state index in [0.29, 0.717) is 17.0 Å². The molecule has 1 saturated carbocycles. The second-order valence-electron chi connectivity index (χ2n) is 7.34. The zero-order chi connectivity index (χ0) is 25.3. The maximum absolute atomic E-state index is 12.6. The molecule has 1 aliphatic carbocycles. The van der Waals surface area contributed by atoms with Crippen LogP contribution >= 0.6 is 0 Å². The van der Waals surface area contributed by atoms with Crippen LogP contribution in [0.5, 0.6) is 5.75 Å². The molecule has 2 atom stereocenters.